The first-order valence-corrected chi connectivity index (χ1v) is 6.84. The molecule has 1 aromatic carbocycles. The van der Waals surface area contributed by atoms with E-state index in [0.717, 1.165) is 6.42 Å². The normalized spacial score (nSPS) is 11.6. The second kappa shape index (κ2) is 8.14. The lowest BCUT2D eigenvalue weighted by Gasteiger charge is -2.19. The lowest BCUT2D eigenvalue weighted by Crippen LogP contribution is -2.29. The fourth-order valence-electron chi connectivity index (χ4n) is 1.79. The third-order valence-electron chi connectivity index (χ3n) is 2.82. The maximum Gasteiger partial charge on any atom is 0.347 e. The van der Waals surface area contributed by atoms with E-state index < -0.39 is 18.0 Å². The molecule has 0 aliphatic heterocycles. The van der Waals surface area contributed by atoms with Crippen molar-refractivity contribution in [3.05, 3.63) is 23.8 Å². The molecule has 2 N–H and O–H groups in total. The van der Waals surface area contributed by atoms with Crippen LogP contribution < -0.4 is 15.2 Å². The van der Waals surface area contributed by atoms with E-state index in [-0.39, 0.29) is 0 Å². The highest BCUT2D eigenvalue weighted by Gasteiger charge is 2.22. The van der Waals surface area contributed by atoms with Crippen LogP contribution in [0.15, 0.2) is 18.2 Å². The highest BCUT2D eigenvalue weighted by atomic mass is 16.6. The number of benzene rings is 1. The maximum absolute atomic E-state index is 11.9. The Bertz CT molecular complexity index is 501. The summed E-state index contributed by atoms with van der Waals surface area (Å²) in [5.41, 5.74) is 5.52. The first-order chi connectivity index (χ1) is 10.0. The molecule has 0 aliphatic carbocycles. The second-order valence-electron chi connectivity index (χ2n) is 4.38. The first-order valence-electron chi connectivity index (χ1n) is 6.84. The summed E-state index contributed by atoms with van der Waals surface area (Å²) < 4.78 is 15.8. The van der Waals surface area contributed by atoms with Crippen molar-refractivity contribution in [3.63, 3.8) is 0 Å². The number of esters is 1. The quantitative estimate of drug-likeness (QED) is 0.740. The minimum Gasteiger partial charge on any atom is -0.493 e. The number of hydrogen-bond acceptors (Lipinski definition) is 5. The zero-order chi connectivity index (χ0) is 15.8. The molecule has 0 saturated heterocycles. The molecule has 21 heavy (non-hydrogen) atoms. The van der Waals surface area contributed by atoms with E-state index in [4.69, 9.17) is 19.9 Å². The summed E-state index contributed by atoms with van der Waals surface area (Å²) >= 11 is 0. The van der Waals surface area contributed by atoms with E-state index in [1.807, 2.05) is 6.92 Å². The predicted octanol–water partition coefficient (Wildman–Crippen LogP) is 1.90. The topological polar surface area (TPSA) is 87.9 Å². The zero-order valence-electron chi connectivity index (χ0n) is 12.5. The van der Waals surface area contributed by atoms with E-state index in [2.05, 4.69) is 0 Å². The Morgan fingerprint density at radius 3 is 2.48 bits per heavy atom. The van der Waals surface area contributed by atoms with Crippen molar-refractivity contribution >= 4 is 11.9 Å². The Balaban J connectivity index is 2.97. The molecule has 0 heterocycles. The van der Waals surface area contributed by atoms with Gasteiger partial charge in [-0.2, -0.15) is 0 Å². The molecule has 0 radical (unpaired) electrons. The van der Waals surface area contributed by atoms with Crippen molar-refractivity contribution in [2.75, 3.05) is 13.7 Å². The van der Waals surface area contributed by atoms with E-state index >= 15 is 0 Å². The molecule has 6 nitrogen and oxygen atoms in total. The summed E-state index contributed by atoms with van der Waals surface area (Å²) in [4.78, 5) is 23.0. The Labute approximate surface area is 124 Å². The SMILES string of the molecule is CCCC(Oc1ccc(C(N)=O)cc1OC)C(=O)OCC. The monoisotopic (exact) mass is 295 g/mol. The van der Waals surface area contributed by atoms with Gasteiger partial charge in [0.2, 0.25) is 5.91 Å². The third-order valence-corrected chi connectivity index (χ3v) is 2.82. The lowest BCUT2D eigenvalue weighted by molar-refractivity contribution is -0.151. The van der Waals surface area contributed by atoms with Crippen LogP contribution in [0.3, 0.4) is 0 Å². The van der Waals surface area contributed by atoms with Crippen LogP contribution >= 0.6 is 0 Å². The average molecular weight is 295 g/mol. The fraction of sp³-hybridized carbons (Fsp3) is 0.467. The minimum absolute atomic E-state index is 0.292. The van der Waals surface area contributed by atoms with Gasteiger partial charge in [-0.25, -0.2) is 4.79 Å². The molecule has 1 rings (SSSR count). The van der Waals surface area contributed by atoms with Gasteiger partial charge in [-0.15, -0.1) is 0 Å². The fourth-order valence-corrected chi connectivity index (χ4v) is 1.79. The molecule has 1 aromatic rings. The Morgan fingerprint density at radius 2 is 1.95 bits per heavy atom. The summed E-state index contributed by atoms with van der Waals surface area (Å²) in [5, 5.41) is 0. The highest BCUT2D eigenvalue weighted by Crippen LogP contribution is 2.29. The van der Waals surface area contributed by atoms with Gasteiger partial charge in [0.15, 0.2) is 17.6 Å². The van der Waals surface area contributed by atoms with Crippen molar-refractivity contribution < 1.29 is 23.8 Å². The first kappa shape index (κ1) is 16.8. The number of carbonyl (C=O) groups is 2. The summed E-state index contributed by atoms with van der Waals surface area (Å²) in [6.45, 7) is 3.98. The van der Waals surface area contributed by atoms with Gasteiger partial charge in [0.25, 0.3) is 0 Å². The predicted molar refractivity (Wildman–Crippen MR) is 77.5 cm³/mol. The van der Waals surface area contributed by atoms with E-state index in [1.54, 1.807) is 13.0 Å². The van der Waals surface area contributed by atoms with Gasteiger partial charge in [0.1, 0.15) is 0 Å². The molecule has 0 aliphatic rings. The van der Waals surface area contributed by atoms with Gasteiger partial charge >= 0.3 is 5.97 Å². The zero-order valence-corrected chi connectivity index (χ0v) is 12.5. The summed E-state index contributed by atoms with van der Waals surface area (Å²) in [7, 11) is 1.45. The van der Waals surface area contributed by atoms with Crippen molar-refractivity contribution in [2.24, 2.45) is 5.73 Å². The molecule has 0 bridgehead atoms. The molecular formula is C15H21NO5. The maximum atomic E-state index is 11.9. The van der Waals surface area contributed by atoms with Crippen LogP contribution in [0, 0.1) is 0 Å². The molecule has 0 fully saturated rings. The van der Waals surface area contributed by atoms with Crippen LogP contribution in [0.25, 0.3) is 0 Å². The van der Waals surface area contributed by atoms with Gasteiger partial charge in [-0.3, -0.25) is 4.79 Å². The number of amides is 1. The molecule has 116 valence electrons. The van der Waals surface area contributed by atoms with E-state index in [1.165, 1.54) is 19.2 Å². The van der Waals surface area contributed by atoms with Gasteiger partial charge in [0, 0.05) is 5.56 Å². The number of ether oxygens (including phenoxy) is 3. The largest absolute Gasteiger partial charge is 0.493 e. The third kappa shape index (κ3) is 4.66. The Kier molecular flexibility index (Phi) is 6.52. The summed E-state index contributed by atoms with van der Waals surface area (Å²) in [5.74, 6) is -0.263. The van der Waals surface area contributed by atoms with Gasteiger partial charge in [-0.1, -0.05) is 13.3 Å². The van der Waals surface area contributed by atoms with Crippen LogP contribution in [0.4, 0.5) is 0 Å². The van der Waals surface area contributed by atoms with Crippen molar-refractivity contribution in [1.29, 1.82) is 0 Å². The molecule has 0 saturated carbocycles. The molecule has 1 atom stereocenters. The van der Waals surface area contributed by atoms with Crippen molar-refractivity contribution in [2.45, 2.75) is 32.8 Å². The van der Waals surface area contributed by atoms with Crippen molar-refractivity contribution in [3.8, 4) is 11.5 Å². The second-order valence-corrected chi connectivity index (χ2v) is 4.38. The van der Waals surface area contributed by atoms with Gasteiger partial charge in [0.05, 0.1) is 13.7 Å². The van der Waals surface area contributed by atoms with Gasteiger partial charge < -0.3 is 19.9 Å². The van der Waals surface area contributed by atoms with Crippen LogP contribution in [0.5, 0.6) is 11.5 Å². The van der Waals surface area contributed by atoms with Crippen LogP contribution in [-0.4, -0.2) is 31.7 Å². The number of hydrogen-bond donors (Lipinski definition) is 1. The van der Waals surface area contributed by atoms with Crippen LogP contribution in [0.2, 0.25) is 0 Å². The summed E-state index contributed by atoms with van der Waals surface area (Å²) in [6.07, 6.45) is 0.591. The average Bonchev–Trinajstić information content (AvgIpc) is 2.47. The van der Waals surface area contributed by atoms with Crippen LogP contribution in [0.1, 0.15) is 37.0 Å². The number of primary amides is 1. The number of carbonyl (C=O) groups excluding carboxylic acids is 2. The number of rotatable bonds is 8. The molecule has 0 aromatic heterocycles. The van der Waals surface area contributed by atoms with Gasteiger partial charge in [-0.05, 0) is 31.5 Å². The molecule has 6 heteroatoms. The number of nitrogens with two attached hydrogens (primary N) is 1. The summed E-state index contributed by atoms with van der Waals surface area (Å²) in [6, 6.07) is 4.56. The Morgan fingerprint density at radius 1 is 1.24 bits per heavy atom. The van der Waals surface area contributed by atoms with Crippen molar-refractivity contribution in [1.82, 2.24) is 0 Å². The Hall–Kier alpha value is -2.24. The van der Waals surface area contributed by atoms with Crippen LogP contribution in [-0.2, 0) is 9.53 Å². The smallest absolute Gasteiger partial charge is 0.347 e. The molecular weight excluding hydrogens is 274 g/mol. The minimum atomic E-state index is -0.705. The standard InChI is InChI=1S/C15H21NO5/c1-4-6-12(15(18)20-5-2)21-11-8-7-10(14(16)17)9-13(11)19-3/h7-9,12H,4-6H2,1-3H3,(H2,16,17). The van der Waals surface area contributed by atoms with E-state index in [9.17, 15) is 9.59 Å². The molecule has 1 unspecified atom stereocenters. The highest BCUT2D eigenvalue weighted by molar-refractivity contribution is 5.93. The molecule has 1 amide bonds. The van der Waals surface area contributed by atoms with E-state index in [0.29, 0.717) is 30.1 Å². The number of methoxy groups -OCH3 is 1. The lowest BCUT2D eigenvalue weighted by atomic mass is 10.1. The molecule has 0 spiro atoms.